The van der Waals surface area contributed by atoms with Gasteiger partial charge in [0.05, 0.1) is 0 Å². The van der Waals surface area contributed by atoms with Gasteiger partial charge in [0.2, 0.25) is 5.91 Å². The van der Waals surface area contributed by atoms with Gasteiger partial charge in [-0.15, -0.1) is 0 Å². The highest BCUT2D eigenvalue weighted by Gasteiger charge is 2.38. The maximum atomic E-state index is 11.8. The quantitative estimate of drug-likeness (QED) is 0.664. The van der Waals surface area contributed by atoms with Crippen molar-refractivity contribution >= 4 is 5.91 Å². The molecule has 0 aromatic carbocycles. The van der Waals surface area contributed by atoms with Crippen molar-refractivity contribution in [3.05, 3.63) is 0 Å². The standard InChI is InChI=1S/C14H30N4O/c1-4-17(5-2)12-9-16-14(13(15)19)7-10-18(6-3)11-8-14/h16H,4-12H2,1-3H3,(H2,15,19). The van der Waals surface area contributed by atoms with E-state index in [2.05, 4.69) is 35.9 Å². The monoisotopic (exact) mass is 270 g/mol. The molecule has 112 valence electrons. The van der Waals surface area contributed by atoms with E-state index in [1.165, 1.54) is 0 Å². The zero-order chi connectivity index (χ0) is 14.3. The molecular weight excluding hydrogens is 240 g/mol. The number of rotatable bonds is 8. The molecule has 5 nitrogen and oxygen atoms in total. The van der Waals surface area contributed by atoms with E-state index in [0.717, 1.165) is 58.7 Å². The second-order valence-corrected chi connectivity index (χ2v) is 5.33. The van der Waals surface area contributed by atoms with Crippen molar-refractivity contribution in [3.63, 3.8) is 0 Å². The van der Waals surface area contributed by atoms with Crippen molar-refractivity contribution in [1.29, 1.82) is 0 Å². The Bertz CT molecular complexity index is 271. The largest absolute Gasteiger partial charge is 0.368 e. The number of likely N-dealkylation sites (tertiary alicyclic amines) is 1. The van der Waals surface area contributed by atoms with Crippen molar-refractivity contribution in [2.45, 2.75) is 39.2 Å². The minimum absolute atomic E-state index is 0.192. The fourth-order valence-corrected chi connectivity index (χ4v) is 2.75. The van der Waals surface area contributed by atoms with Crippen molar-refractivity contribution in [1.82, 2.24) is 15.1 Å². The molecule has 1 fully saturated rings. The zero-order valence-electron chi connectivity index (χ0n) is 12.7. The second-order valence-electron chi connectivity index (χ2n) is 5.33. The molecule has 0 aliphatic carbocycles. The number of amides is 1. The molecule has 0 unspecified atom stereocenters. The van der Waals surface area contributed by atoms with Crippen molar-refractivity contribution in [2.75, 3.05) is 45.8 Å². The number of nitrogens with two attached hydrogens (primary N) is 1. The first kappa shape index (κ1) is 16.4. The molecule has 0 spiro atoms. The normalized spacial score (nSPS) is 19.8. The van der Waals surface area contributed by atoms with Gasteiger partial charge in [-0.25, -0.2) is 0 Å². The lowest BCUT2D eigenvalue weighted by Crippen LogP contribution is -2.61. The molecule has 0 aromatic heterocycles. The zero-order valence-corrected chi connectivity index (χ0v) is 12.7. The molecule has 1 aliphatic heterocycles. The number of piperidine rings is 1. The van der Waals surface area contributed by atoms with Gasteiger partial charge in [0.15, 0.2) is 0 Å². The van der Waals surface area contributed by atoms with Crippen LogP contribution in [0.5, 0.6) is 0 Å². The third-order valence-corrected chi connectivity index (χ3v) is 4.41. The van der Waals surface area contributed by atoms with E-state index >= 15 is 0 Å². The number of carbonyl (C=O) groups is 1. The van der Waals surface area contributed by atoms with Crippen LogP contribution in [0, 0.1) is 0 Å². The average Bonchev–Trinajstić information content (AvgIpc) is 2.44. The van der Waals surface area contributed by atoms with Gasteiger partial charge >= 0.3 is 0 Å². The van der Waals surface area contributed by atoms with Gasteiger partial charge in [0, 0.05) is 26.2 Å². The number of nitrogens with one attached hydrogen (secondary N) is 1. The smallest absolute Gasteiger partial charge is 0.237 e. The summed E-state index contributed by atoms with van der Waals surface area (Å²) in [5.41, 5.74) is 5.15. The molecule has 0 radical (unpaired) electrons. The van der Waals surface area contributed by atoms with Gasteiger partial charge in [-0.3, -0.25) is 4.79 Å². The summed E-state index contributed by atoms with van der Waals surface area (Å²) in [6.07, 6.45) is 1.66. The van der Waals surface area contributed by atoms with Gasteiger partial charge < -0.3 is 20.9 Å². The second kappa shape index (κ2) is 7.82. The van der Waals surface area contributed by atoms with Crippen LogP contribution < -0.4 is 11.1 Å². The third-order valence-electron chi connectivity index (χ3n) is 4.41. The van der Waals surface area contributed by atoms with E-state index in [4.69, 9.17) is 5.73 Å². The lowest BCUT2D eigenvalue weighted by molar-refractivity contribution is -0.126. The summed E-state index contributed by atoms with van der Waals surface area (Å²) in [4.78, 5) is 16.5. The summed E-state index contributed by atoms with van der Waals surface area (Å²) in [6, 6.07) is 0. The molecule has 0 aromatic rings. The van der Waals surface area contributed by atoms with Crippen LogP contribution in [0.2, 0.25) is 0 Å². The van der Waals surface area contributed by atoms with E-state index < -0.39 is 5.54 Å². The molecule has 5 heteroatoms. The number of hydrogen-bond acceptors (Lipinski definition) is 4. The van der Waals surface area contributed by atoms with Crippen LogP contribution in [0.3, 0.4) is 0 Å². The highest BCUT2D eigenvalue weighted by atomic mass is 16.1. The van der Waals surface area contributed by atoms with Crippen molar-refractivity contribution < 1.29 is 4.79 Å². The molecule has 1 heterocycles. The van der Waals surface area contributed by atoms with Crippen molar-refractivity contribution in [3.8, 4) is 0 Å². The summed E-state index contributed by atoms with van der Waals surface area (Å²) in [5.74, 6) is -0.192. The maximum Gasteiger partial charge on any atom is 0.237 e. The lowest BCUT2D eigenvalue weighted by Gasteiger charge is -2.40. The molecule has 3 N–H and O–H groups in total. The van der Waals surface area contributed by atoms with Crippen LogP contribution in [-0.2, 0) is 4.79 Å². The average molecular weight is 270 g/mol. The van der Waals surface area contributed by atoms with Crippen LogP contribution in [0.15, 0.2) is 0 Å². The van der Waals surface area contributed by atoms with E-state index in [0.29, 0.717) is 0 Å². The number of primary amides is 1. The van der Waals surface area contributed by atoms with Crippen LogP contribution >= 0.6 is 0 Å². The molecule has 0 bridgehead atoms. The molecule has 1 rings (SSSR count). The third kappa shape index (κ3) is 4.44. The summed E-state index contributed by atoms with van der Waals surface area (Å²) in [6.45, 7) is 13.3. The van der Waals surface area contributed by atoms with Gasteiger partial charge in [-0.1, -0.05) is 20.8 Å². The number of hydrogen-bond donors (Lipinski definition) is 2. The topological polar surface area (TPSA) is 61.6 Å². The predicted molar refractivity (Wildman–Crippen MR) is 79.1 cm³/mol. The van der Waals surface area contributed by atoms with Gasteiger partial charge in [-0.2, -0.15) is 0 Å². The molecular formula is C14H30N4O. The minimum atomic E-state index is -0.487. The summed E-state index contributed by atoms with van der Waals surface area (Å²) in [5, 5.41) is 3.44. The fraction of sp³-hybridized carbons (Fsp3) is 0.929. The Kier molecular flexibility index (Phi) is 6.75. The van der Waals surface area contributed by atoms with Crippen LogP contribution in [-0.4, -0.2) is 67.1 Å². The molecule has 1 amide bonds. The lowest BCUT2D eigenvalue weighted by atomic mass is 9.86. The molecule has 1 aliphatic rings. The Morgan fingerprint density at radius 1 is 1.26 bits per heavy atom. The first-order chi connectivity index (χ1) is 9.07. The van der Waals surface area contributed by atoms with Crippen molar-refractivity contribution in [2.24, 2.45) is 5.73 Å². The number of likely N-dealkylation sites (N-methyl/N-ethyl adjacent to an activating group) is 1. The highest BCUT2D eigenvalue weighted by molar-refractivity contribution is 5.84. The predicted octanol–water partition coefficient (Wildman–Crippen LogP) is 0.258. The van der Waals surface area contributed by atoms with Crippen LogP contribution in [0.25, 0.3) is 0 Å². The Morgan fingerprint density at radius 2 is 1.84 bits per heavy atom. The number of carbonyl (C=O) groups excluding carboxylic acids is 1. The summed E-state index contributed by atoms with van der Waals surface area (Å²) < 4.78 is 0. The number of nitrogens with zero attached hydrogens (tertiary/aromatic N) is 2. The van der Waals surface area contributed by atoms with Crippen LogP contribution in [0.1, 0.15) is 33.6 Å². The Hall–Kier alpha value is -0.650. The van der Waals surface area contributed by atoms with E-state index in [1.54, 1.807) is 0 Å². The Labute approximate surface area is 117 Å². The Morgan fingerprint density at radius 3 is 2.26 bits per heavy atom. The molecule has 0 atom stereocenters. The minimum Gasteiger partial charge on any atom is -0.368 e. The highest BCUT2D eigenvalue weighted by Crippen LogP contribution is 2.21. The van der Waals surface area contributed by atoms with Crippen LogP contribution in [0.4, 0.5) is 0 Å². The van der Waals surface area contributed by atoms with E-state index in [1.807, 2.05) is 0 Å². The molecule has 19 heavy (non-hydrogen) atoms. The summed E-state index contributed by atoms with van der Waals surface area (Å²) >= 11 is 0. The molecule has 0 saturated carbocycles. The SMILES string of the molecule is CCN(CC)CCNC1(C(N)=O)CCN(CC)CC1. The molecule has 1 saturated heterocycles. The van der Waals surface area contributed by atoms with Gasteiger partial charge in [-0.05, 0) is 32.5 Å². The van der Waals surface area contributed by atoms with E-state index in [-0.39, 0.29) is 5.91 Å². The summed E-state index contributed by atoms with van der Waals surface area (Å²) in [7, 11) is 0. The maximum absolute atomic E-state index is 11.8. The first-order valence-corrected chi connectivity index (χ1v) is 7.57. The first-order valence-electron chi connectivity index (χ1n) is 7.57. The van der Waals surface area contributed by atoms with E-state index in [9.17, 15) is 4.79 Å². The Balaban J connectivity index is 2.47. The fourth-order valence-electron chi connectivity index (χ4n) is 2.75. The van der Waals surface area contributed by atoms with Gasteiger partial charge in [0.1, 0.15) is 5.54 Å². The van der Waals surface area contributed by atoms with Gasteiger partial charge in [0.25, 0.3) is 0 Å².